The minimum absolute atomic E-state index is 0.00354. The highest BCUT2D eigenvalue weighted by Crippen LogP contribution is 2.35. The standard InChI is InChI=1S/C15H23N3O2/c19-13-7-12(8-13)14(10-1-4-16-5-2-10)18-15(20)11-3-6-17-9-11/h3,6,9-10,12-14,16-17,19H,1-2,4-5,7-8H2,(H,18,20)/t12?,13?,14-/m1/s1. The van der Waals surface area contributed by atoms with Gasteiger partial charge in [0.1, 0.15) is 0 Å². The fraction of sp³-hybridized carbons (Fsp3) is 0.667. The predicted octanol–water partition coefficient (Wildman–Crippen LogP) is 0.884. The van der Waals surface area contributed by atoms with Crippen molar-refractivity contribution in [3.63, 3.8) is 0 Å². The molecule has 3 rings (SSSR count). The number of carbonyl (C=O) groups is 1. The molecule has 1 amide bonds. The van der Waals surface area contributed by atoms with E-state index in [2.05, 4.69) is 15.6 Å². The molecule has 1 aromatic rings. The first-order valence-electron chi connectivity index (χ1n) is 7.56. The number of aromatic nitrogens is 1. The monoisotopic (exact) mass is 277 g/mol. The number of rotatable bonds is 4. The number of nitrogens with one attached hydrogen (secondary N) is 3. The topological polar surface area (TPSA) is 77.2 Å². The SMILES string of the molecule is O=C(N[C@H](C1CCNCC1)C1CC(O)C1)c1cc[nH]c1. The lowest BCUT2D eigenvalue weighted by Crippen LogP contribution is -2.52. The van der Waals surface area contributed by atoms with Crippen LogP contribution in [-0.4, -0.2) is 41.2 Å². The fourth-order valence-electron chi connectivity index (χ4n) is 3.45. The summed E-state index contributed by atoms with van der Waals surface area (Å²) in [6.07, 6.45) is 7.17. The summed E-state index contributed by atoms with van der Waals surface area (Å²) in [5, 5.41) is 16.1. The van der Waals surface area contributed by atoms with Crippen molar-refractivity contribution in [1.29, 1.82) is 0 Å². The van der Waals surface area contributed by atoms with Crippen LogP contribution in [0.15, 0.2) is 18.5 Å². The van der Waals surface area contributed by atoms with Gasteiger partial charge < -0.3 is 20.7 Å². The van der Waals surface area contributed by atoms with Crippen LogP contribution in [0.25, 0.3) is 0 Å². The Morgan fingerprint density at radius 1 is 1.30 bits per heavy atom. The van der Waals surface area contributed by atoms with E-state index in [4.69, 9.17) is 0 Å². The molecule has 1 atom stereocenters. The number of aromatic amines is 1. The molecule has 0 bridgehead atoms. The quantitative estimate of drug-likeness (QED) is 0.660. The lowest BCUT2D eigenvalue weighted by atomic mass is 9.71. The van der Waals surface area contributed by atoms with Gasteiger partial charge in [-0.15, -0.1) is 0 Å². The van der Waals surface area contributed by atoms with Crippen LogP contribution in [-0.2, 0) is 0 Å². The van der Waals surface area contributed by atoms with Crippen molar-refractivity contribution in [1.82, 2.24) is 15.6 Å². The third-order valence-corrected chi connectivity index (χ3v) is 4.71. The Morgan fingerprint density at radius 2 is 2.05 bits per heavy atom. The van der Waals surface area contributed by atoms with E-state index in [9.17, 15) is 9.90 Å². The predicted molar refractivity (Wildman–Crippen MR) is 76.4 cm³/mol. The molecule has 2 fully saturated rings. The third kappa shape index (κ3) is 2.88. The number of aliphatic hydroxyl groups is 1. The largest absolute Gasteiger partial charge is 0.393 e. The Kier molecular flexibility index (Phi) is 4.08. The minimum Gasteiger partial charge on any atom is -0.393 e. The summed E-state index contributed by atoms with van der Waals surface area (Å²) < 4.78 is 0. The third-order valence-electron chi connectivity index (χ3n) is 4.71. The van der Waals surface area contributed by atoms with Gasteiger partial charge in [-0.05, 0) is 56.7 Å². The highest BCUT2D eigenvalue weighted by atomic mass is 16.3. The summed E-state index contributed by atoms with van der Waals surface area (Å²) in [4.78, 5) is 15.2. The van der Waals surface area contributed by atoms with Gasteiger partial charge >= 0.3 is 0 Å². The summed E-state index contributed by atoms with van der Waals surface area (Å²) >= 11 is 0. The number of aliphatic hydroxyl groups excluding tert-OH is 1. The molecule has 0 unspecified atom stereocenters. The average molecular weight is 277 g/mol. The molecule has 1 saturated heterocycles. The van der Waals surface area contributed by atoms with E-state index in [1.54, 1.807) is 18.5 Å². The van der Waals surface area contributed by atoms with E-state index < -0.39 is 0 Å². The maximum Gasteiger partial charge on any atom is 0.253 e. The van der Waals surface area contributed by atoms with Gasteiger partial charge in [0.25, 0.3) is 5.91 Å². The number of carbonyl (C=O) groups excluding carboxylic acids is 1. The van der Waals surface area contributed by atoms with Gasteiger partial charge in [-0.1, -0.05) is 0 Å². The van der Waals surface area contributed by atoms with Crippen LogP contribution in [0, 0.1) is 11.8 Å². The first-order valence-corrected chi connectivity index (χ1v) is 7.56. The lowest BCUT2D eigenvalue weighted by Gasteiger charge is -2.43. The van der Waals surface area contributed by atoms with Gasteiger partial charge in [0.2, 0.25) is 0 Å². The van der Waals surface area contributed by atoms with Crippen molar-refractivity contribution >= 4 is 5.91 Å². The maximum absolute atomic E-state index is 12.3. The van der Waals surface area contributed by atoms with E-state index in [1.165, 1.54) is 0 Å². The Labute approximate surface area is 119 Å². The molecule has 0 aromatic carbocycles. The summed E-state index contributed by atoms with van der Waals surface area (Å²) in [6.45, 7) is 2.05. The smallest absolute Gasteiger partial charge is 0.253 e. The number of amides is 1. The Balaban J connectivity index is 1.66. The van der Waals surface area contributed by atoms with E-state index in [1.807, 2.05) is 0 Å². The molecule has 1 aliphatic carbocycles. The fourth-order valence-corrected chi connectivity index (χ4v) is 3.45. The van der Waals surface area contributed by atoms with Crippen LogP contribution in [0.5, 0.6) is 0 Å². The molecule has 2 aliphatic rings. The van der Waals surface area contributed by atoms with Crippen LogP contribution < -0.4 is 10.6 Å². The van der Waals surface area contributed by atoms with Gasteiger partial charge in [0, 0.05) is 18.4 Å². The Morgan fingerprint density at radius 3 is 2.65 bits per heavy atom. The van der Waals surface area contributed by atoms with E-state index in [-0.39, 0.29) is 18.1 Å². The molecule has 1 aromatic heterocycles. The zero-order valence-corrected chi connectivity index (χ0v) is 11.6. The number of piperidine rings is 1. The molecule has 1 saturated carbocycles. The van der Waals surface area contributed by atoms with Gasteiger partial charge in [-0.2, -0.15) is 0 Å². The zero-order valence-electron chi connectivity index (χ0n) is 11.6. The van der Waals surface area contributed by atoms with Crippen LogP contribution in [0.1, 0.15) is 36.0 Å². The van der Waals surface area contributed by atoms with Crippen LogP contribution in [0.3, 0.4) is 0 Å². The van der Waals surface area contributed by atoms with Crippen molar-refractivity contribution in [3.05, 3.63) is 24.0 Å². The van der Waals surface area contributed by atoms with Gasteiger partial charge in [-0.25, -0.2) is 0 Å². The van der Waals surface area contributed by atoms with Crippen molar-refractivity contribution in [2.75, 3.05) is 13.1 Å². The van der Waals surface area contributed by atoms with Crippen molar-refractivity contribution in [2.24, 2.45) is 11.8 Å². The molecule has 2 heterocycles. The summed E-state index contributed by atoms with van der Waals surface area (Å²) in [6, 6.07) is 1.99. The van der Waals surface area contributed by atoms with Crippen LogP contribution >= 0.6 is 0 Å². The number of hydrogen-bond donors (Lipinski definition) is 4. The second kappa shape index (κ2) is 5.97. The van der Waals surface area contributed by atoms with Gasteiger partial charge in [0.15, 0.2) is 0 Å². The molecular weight excluding hydrogens is 254 g/mol. The lowest BCUT2D eigenvalue weighted by molar-refractivity contribution is 0.00919. The Hall–Kier alpha value is -1.33. The van der Waals surface area contributed by atoms with Crippen molar-refractivity contribution in [2.45, 2.75) is 37.8 Å². The maximum atomic E-state index is 12.3. The summed E-state index contributed by atoms with van der Waals surface area (Å²) in [5.41, 5.74) is 0.684. The Bertz CT molecular complexity index is 434. The van der Waals surface area contributed by atoms with Crippen LogP contribution in [0.2, 0.25) is 0 Å². The van der Waals surface area contributed by atoms with E-state index in [0.717, 1.165) is 38.8 Å². The molecule has 0 radical (unpaired) electrons. The molecule has 20 heavy (non-hydrogen) atoms. The molecule has 5 nitrogen and oxygen atoms in total. The second-order valence-electron chi connectivity index (χ2n) is 6.07. The zero-order chi connectivity index (χ0) is 13.9. The van der Waals surface area contributed by atoms with E-state index >= 15 is 0 Å². The second-order valence-corrected chi connectivity index (χ2v) is 6.07. The van der Waals surface area contributed by atoms with Crippen molar-refractivity contribution < 1.29 is 9.90 Å². The summed E-state index contributed by atoms with van der Waals surface area (Å²) in [5.74, 6) is 0.948. The van der Waals surface area contributed by atoms with Crippen LogP contribution in [0.4, 0.5) is 0 Å². The molecule has 110 valence electrons. The van der Waals surface area contributed by atoms with Crippen molar-refractivity contribution in [3.8, 4) is 0 Å². The molecule has 0 spiro atoms. The first kappa shape index (κ1) is 13.6. The highest BCUT2D eigenvalue weighted by Gasteiger charge is 2.39. The minimum atomic E-state index is -0.173. The van der Waals surface area contributed by atoms with E-state index in [0.29, 0.717) is 17.4 Å². The molecular formula is C15H23N3O2. The highest BCUT2D eigenvalue weighted by molar-refractivity contribution is 5.94. The molecule has 5 heteroatoms. The first-order chi connectivity index (χ1) is 9.74. The normalized spacial score (nSPS) is 28.6. The molecule has 4 N–H and O–H groups in total. The number of hydrogen-bond acceptors (Lipinski definition) is 3. The van der Waals surface area contributed by atoms with Gasteiger partial charge in [-0.3, -0.25) is 4.79 Å². The average Bonchev–Trinajstić information content (AvgIpc) is 2.97. The van der Waals surface area contributed by atoms with Gasteiger partial charge in [0.05, 0.1) is 11.7 Å². The molecule has 1 aliphatic heterocycles. The number of H-pyrrole nitrogens is 1. The summed E-state index contributed by atoms with van der Waals surface area (Å²) in [7, 11) is 0.